The first kappa shape index (κ1) is 16.1. The lowest BCUT2D eigenvalue weighted by Crippen LogP contribution is -2.12. The van der Waals surface area contributed by atoms with Crippen LogP contribution >= 0.6 is 11.8 Å². The summed E-state index contributed by atoms with van der Waals surface area (Å²) in [4.78, 5) is 14.4. The molecule has 3 nitrogen and oxygen atoms in total. The lowest BCUT2D eigenvalue weighted by molar-refractivity contribution is 0.102. The minimum atomic E-state index is -0.165. The minimum Gasteiger partial charge on any atom is -0.398 e. The fourth-order valence-corrected chi connectivity index (χ4v) is 3.10. The SMILES string of the molecule is Cc1ccc(NC(=O)c2ccc(Sc3ccccc3)c(N)c2)cc1. The number of hydrogen-bond acceptors (Lipinski definition) is 3. The summed E-state index contributed by atoms with van der Waals surface area (Å²) in [6.07, 6.45) is 0. The van der Waals surface area contributed by atoms with Gasteiger partial charge in [0.15, 0.2) is 0 Å². The fraction of sp³-hybridized carbons (Fsp3) is 0.0500. The van der Waals surface area contributed by atoms with Crippen molar-refractivity contribution < 1.29 is 4.79 Å². The van der Waals surface area contributed by atoms with E-state index in [0.717, 1.165) is 21.0 Å². The number of nitrogen functional groups attached to an aromatic ring is 1. The van der Waals surface area contributed by atoms with Crippen LogP contribution < -0.4 is 11.1 Å². The Labute approximate surface area is 145 Å². The maximum absolute atomic E-state index is 12.3. The molecular weight excluding hydrogens is 316 g/mol. The van der Waals surface area contributed by atoms with Crippen molar-refractivity contribution >= 4 is 29.0 Å². The van der Waals surface area contributed by atoms with Crippen LogP contribution in [0.5, 0.6) is 0 Å². The fourth-order valence-electron chi connectivity index (χ4n) is 2.24. The van der Waals surface area contributed by atoms with Crippen LogP contribution in [-0.4, -0.2) is 5.91 Å². The molecule has 0 aliphatic carbocycles. The van der Waals surface area contributed by atoms with Crippen LogP contribution in [0, 0.1) is 6.92 Å². The van der Waals surface area contributed by atoms with Crippen LogP contribution in [0.25, 0.3) is 0 Å². The molecule has 0 spiro atoms. The van der Waals surface area contributed by atoms with E-state index in [1.807, 2.05) is 67.6 Å². The molecule has 0 fully saturated rings. The second-order valence-electron chi connectivity index (χ2n) is 5.49. The first-order valence-corrected chi connectivity index (χ1v) is 8.44. The maximum Gasteiger partial charge on any atom is 0.255 e. The third kappa shape index (κ3) is 3.97. The summed E-state index contributed by atoms with van der Waals surface area (Å²) in [7, 11) is 0. The Kier molecular flexibility index (Phi) is 4.87. The summed E-state index contributed by atoms with van der Waals surface area (Å²) in [6, 6.07) is 23.1. The van der Waals surface area contributed by atoms with E-state index in [4.69, 9.17) is 5.73 Å². The van der Waals surface area contributed by atoms with Crippen molar-refractivity contribution in [2.24, 2.45) is 0 Å². The standard InChI is InChI=1S/C20H18N2OS/c1-14-7-10-16(11-8-14)22-20(23)15-9-12-19(18(21)13-15)24-17-5-3-2-4-6-17/h2-13H,21H2,1H3,(H,22,23). The molecule has 3 aromatic carbocycles. The number of benzene rings is 3. The number of anilines is 2. The number of nitrogens with two attached hydrogens (primary N) is 1. The molecule has 120 valence electrons. The normalized spacial score (nSPS) is 10.4. The van der Waals surface area contributed by atoms with Crippen LogP contribution in [0.3, 0.4) is 0 Å². The molecule has 0 atom stereocenters. The number of aryl methyl sites for hydroxylation is 1. The van der Waals surface area contributed by atoms with Gasteiger partial charge in [-0.3, -0.25) is 4.79 Å². The van der Waals surface area contributed by atoms with Crippen molar-refractivity contribution in [3.63, 3.8) is 0 Å². The van der Waals surface area contributed by atoms with Gasteiger partial charge in [0.25, 0.3) is 5.91 Å². The van der Waals surface area contributed by atoms with E-state index in [9.17, 15) is 4.79 Å². The molecule has 0 aliphatic rings. The topological polar surface area (TPSA) is 55.1 Å². The predicted molar refractivity (Wildman–Crippen MR) is 101 cm³/mol. The number of rotatable bonds is 4. The summed E-state index contributed by atoms with van der Waals surface area (Å²) < 4.78 is 0. The zero-order valence-corrected chi connectivity index (χ0v) is 14.1. The third-order valence-corrected chi connectivity index (χ3v) is 4.65. The Morgan fingerprint density at radius 2 is 1.67 bits per heavy atom. The molecular formula is C20H18N2OS. The lowest BCUT2D eigenvalue weighted by Gasteiger charge is -2.09. The number of carbonyl (C=O) groups excluding carboxylic acids is 1. The summed E-state index contributed by atoms with van der Waals surface area (Å²) in [5, 5.41) is 2.88. The van der Waals surface area contributed by atoms with Crippen LogP contribution in [0.4, 0.5) is 11.4 Å². The highest BCUT2D eigenvalue weighted by Gasteiger charge is 2.09. The van der Waals surface area contributed by atoms with Crippen molar-refractivity contribution in [3.8, 4) is 0 Å². The van der Waals surface area contributed by atoms with Gasteiger partial charge in [0.2, 0.25) is 0 Å². The lowest BCUT2D eigenvalue weighted by atomic mass is 10.1. The summed E-state index contributed by atoms with van der Waals surface area (Å²) in [5.74, 6) is -0.165. The number of hydrogen-bond donors (Lipinski definition) is 2. The van der Waals surface area contributed by atoms with E-state index in [2.05, 4.69) is 5.32 Å². The molecule has 24 heavy (non-hydrogen) atoms. The number of amides is 1. The molecule has 4 heteroatoms. The highest BCUT2D eigenvalue weighted by Crippen LogP contribution is 2.32. The molecule has 0 radical (unpaired) electrons. The minimum absolute atomic E-state index is 0.165. The van der Waals surface area contributed by atoms with E-state index >= 15 is 0 Å². The predicted octanol–water partition coefficient (Wildman–Crippen LogP) is 4.98. The molecule has 0 unspecified atom stereocenters. The van der Waals surface area contributed by atoms with Crippen LogP contribution in [0.1, 0.15) is 15.9 Å². The first-order valence-electron chi connectivity index (χ1n) is 7.62. The molecule has 1 amide bonds. The molecule has 0 aliphatic heterocycles. The van der Waals surface area contributed by atoms with Crippen molar-refractivity contribution in [2.45, 2.75) is 16.7 Å². The summed E-state index contributed by atoms with van der Waals surface area (Å²) in [6.45, 7) is 2.01. The van der Waals surface area contributed by atoms with Gasteiger partial charge >= 0.3 is 0 Å². The van der Waals surface area contributed by atoms with Crippen LogP contribution in [0.2, 0.25) is 0 Å². The Morgan fingerprint density at radius 3 is 2.33 bits per heavy atom. The van der Waals surface area contributed by atoms with Gasteiger partial charge in [0.1, 0.15) is 0 Å². The van der Waals surface area contributed by atoms with Crippen LogP contribution in [0.15, 0.2) is 82.6 Å². The van der Waals surface area contributed by atoms with Gasteiger partial charge in [-0.2, -0.15) is 0 Å². The van der Waals surface area contributed by atoms with E-state index in [-0.39, 0.29) is 5.91 Å². The average Bonchev–Trinajstić information content (AvgIpc) is 2.59. The van der Waals surface area contributed by atoms with Gasteiger partial charge in [-0.25, -0.2) is 0 Å². The Balaban J connectivity index is 1.74. The Bertz CT molecular complexity index is 845. The second kappa shape index (κ2) is 7.23. The van der Waals surface area contributed by atoms with Gasteiger partial charge in [0, 0.05) is 26.7 Å². The van der Waals surface area contributed by atoms with Gasteiger partial charge in [-0.05, 0) is 49.4 Å². The van der Waals surface area contributed by atoms with E-state index in [1.54, 1.807) is 23.9 Å². The molecule has 0 saturated carbocycles. The average molecular weight is 334 g/mol. The molecule has 0 heterocycles. The van der Waals surface area contributed by atoms with E-state index < -0.39 is 0 Å². The molecule has 0 bridgehead atoms. The zero-order chi connectivity index (χ0) is 16.9. The van der Waals surface area contributed by atoms with Crippen molar-refractivity contribution in [3.05, 3.63) is 83.9 Å². The Hall–Kier alpha value is -2.72. The summed E-state index contributed by atoms with van der Waals surface area (Å²) in [5.41, 5.74) is 9.19. The van der Waals surface area contributed by atoms with Gasteiger partial charge in [0.05, 0.1) is 0 Å². The van der Waals surface area contributed by atoms with Crippen molar-refractivity contribution in [2.75, 3.05) is 11.1 Å². The monoisotopic (exact) mass is 334 g/mol. The highest BCUT2D eigenvalue weighted by atomic mass is 32.2. The quantitative estimate of drug-likeness (QED) is 0.662. The number of nitrogens with one attached hydrogen (secondary N) is 1. The van der Waals surface area contributed by atoms with Gasteiger partial charge < -0.3 is 11.1 Å². The number of carbonyl (C=O) groups is 1. The van der Waals surface area contributed by atoms with E-state index in [1.165, 1.54) is 0 Å². The molecule has 3 N–H and O–H groups in total. The maximum atomic E-state index is 12.3. The smallest absolute Gasteiger partial charge is 0.255 e. The second-order valence-corrected chi connectivity index (χ2v) is 6.60. The molecule has 3 aromatic rings. The van der Waals surface area contributed by atoms with Gasteiger partial charge in [-0.15, -0.1) is 0 Å². The molecule has 0 aromatic heterocycles. The first-order chi connectivity index (χ1) is 11.6. The van der Waals surface area contributed by atoms with Gasteiger partial charge in [-0.1, -0.05) is 47.7 Å². The largest absolute Gasteiger partial charge is 0.398 e. The Morgan fingerprint density at radius 1 is 0.958 bits per heavy atom. The third-order valence-electron chi connectivity index (χ3n) is 3.55. The zero-order valence-electron chi connectivity index (χ0n) is 13.3. The summed E-state index contributed by atoms with van der Waals surface area (Å²) >= 11 is 1.58. The van der Waals surface area contributed by atoms with Crippen LogP contribution in [-0.2, 0) is 0 Å². The van der Waals surface area contributed by atoms with E-state index in [0.29, 0.717) is 11.3 Å². The van der Waals surface area contributed by atoms with Crippen molar-refractivity contribution in [1.29, 1.82) is 0 Å². The molecule has 0 saturated heterocycles. The van der Waals surface area contributed by atoms with Crippen molar-refractivity contribution in [1.82, 2.24) is 0 Å². The molecule has 3 rings (SSSR count). The highest BCUT2D eigenvalue weighted by molar-refractivity contribution is 7.99.